The molecule has 3 aromatic rings. The van der Waals surface area contributed by atoms with Crippen molar-refractivity contribution < 1.29 is 9.59 Å². The van der Waals surface area contributed by atoms with Crippen molar-refractivity contribution in [3.8, 4) is 0 Å². The first kappa shape index (κ1) is 26.3. The number of alkyl halides is 1. The number of hydrogen-bond acceptors (Lipinski definition) is 5. The summed E-state index contributed by atoms with van der Waals surface area (Å²) in [6, 6.07) is 10.4. The predicted octanol–water partition coefficient (Wildman–Crippen LogP) is 3.39. The van der Waals surface area contributed by atoms with Crippen LogP contribution in [0.1, 0.15) is 44.6 Å². The average Bonchev–Trinajstić information content (AvgIpc) is 2.90. The topological polar surface area (TPSA) is 103 Å². The highest BCUT2D eigenvalue weighted by molar-refractivity contribution is 6.34. The van der Waals surface area contributed by atoms with Gasteiger partial charge in [-0.15, -0.1) is 11.6 Å². The van der Waals surface area contributed by atoms with Crippen molar-refractivity contribution in [1.82, 2.24) is 19.4 Å². The van der Waals surface area contributed by atoms with Gasteiger partial charge in [0.15, 0.2) is 6.29 Å². The van der Waals surface area contributed by atoms with E-state index in [9.17, 15) is 19.2 Å². The third kappa shape index (κ3) is 4.58. The smallest absolute Gasteiger partial charge is 0.330 e. The third-order valence-corrected chi connectivity index (χ3v) is 7.31. The highest BCUT2D eigenvalue weighted by atomic mass is 35.5. The van der Waals surface area contributed by atoms with Crippen LogP contribution >= 0.6 is 23.2 Å². The first-order valence-electron chi connectivity index (χ1n) is 11.5. The van der Waals surface area contributed by atoms with Gasteiger partial charge in [0, 0.05) is 30.9 Å². The second kappa shape index (κ2) is 10.3. The van der Waals surface area contributed by atoms with E-state index in [1.54, 1.807) is 42.5 Å². The normalized spacial score (nSPS) is 18.8. The number of allylic oxidation sites excluding steroid dienone is 2. The lowest BCUT2D eigenvalue weighted by Gasteiger charge is -2.39. The number of nitrogens with zero attached hydrogens (tertiary/aromatic N) is 3. The summed E-state index contributed by atoms with van der Waals surface area (Å²) < 4.78 is 2.01. The number of aryl methyl sites for hydroxylation is 2. The lowest BCUT2D eigenvalue weighted by Crippen LogP contribution is -2.54. The number of benzene rings is 1. The molecule has 0 radical (unpaired) electrons. The maximum Gasteiger partial charge on any atom is 0.330 e. The fourth-order valence-electron chi connectivity index (χ4n) is 4.38. The lowest BCUT2D eigenvalue weighted by atomic mass is 9.80. The minimum Gasteiger partial charge on any atom is -0.335 e. The monoisotopic (exact) mass is 538 g/mol. The van der Waals surface area contributed by atoms with Gasteiger partial charge in [-0.25, -0.2) is 4.79 Å². The van der Waals surface area contributed by atoms with Crippen molar-refractivity contribution in [2.45, 2.75) is 24.3 Å². The van der Waals surface area contributed by atoms with E-state index in [0.29, 0.717) is 39.5 Å². The van der Waals surface area contributed by atoms with Crippen molar-refractivity contribution >= 4 is 41.0 Å². The molecule has 0 saturated carbocycles. The highest BCUT2D eigenvalue weighted by Gasteiger charge is 2.45. The molecule has 8 nitrogen and oxygen atoms in total. The Morgan fingerprint density at radius 3 is 2.59 bits per heavy atom. The zero-order valence-electron chi connectivity index (χ0n) is 20.4. The number of hydrogen-bond donors (Lipinski definition) is 1. The first-order valence-corrected chi connectivity index (χ1v) is 12.3. The molecule has 0 aliphatic heterocycles. The van der Waals surface area contributed by atoms with Crippen LogP contribution in [-0.4, -0.2) is 31.7 Å². The Hall–Kier alpha value is -3.75. The Morgan fingerprint density at radius 2 is 1.92 bits per heavy atom. The summed E-state index contributed by atoms with van der Waals surface area (Å²) in [6.45, 7) is 1.86. The van der Waals surface area contributed by atoms with E-state index in [1.807, 2.05) is 19.1 Å². The van der Waals surface area contributed by atoms with Crippen LogP contribution in [0.5, 0.6) is 0 Å². The van der Waals surface area contributed by atoms with Gasteiger partial charge in [-0.05, 0) is 35.8 Å². The van der Waals surface area contributed by atoms with E-state index in [4.69, 9.17) is 28.2 Å². The number of amides is 1. The number of nitrogens with one attached hydrogen (secondary N) is 1. The summed E-state index contributed by atoms with van der Waals surface area (Å²) in [4.78, 5) is 54.8. The summed E-state index contributed by atoms with van der Waals surface area (Å²) in [5.41, 5.74) is -0.346. The molecule has 1 aromatic carbocycles. The highest BCUT2D eigenvalue weighted by Crippen LogP contribution is 2.42. The number of carbonyl (C=O) groups is 2. The van der Waals surface area contributed by atoms with E-state index < -0.39 is 28.1 Å². The molecule has 1 aliphatic rings. The van der Waals surface area contributed by atoms with Crippen molar-refractivity contribution in [2.24, 2.45) is 14.1 Å². The predicted molar refractivity (Wildman–Crippen MR) is 143 cm³/mol. The van der Waals surface area contributed by atoms with Crippen LogP contribution in [0.3, 0.4) is 0 Å². The lowest BCUT2D eigenvalue weighted by molar-refractivity contribution is 0.0912. The molecule has 2 aromatic heterocycles. The summed E-state index contributed by atoms with van der Waals surface area (Å²) in [6.07, 6.45) is 7.61. The van der Waals surface area contributed by atoms with Gasteiger partial charge in [0.05, 0.1) is 16.8 Å². The number of carbonyl (C=O) groups excluding carboxylic acids is 2. The Labute approximate surface area is 222 Å². The van der Waals surface area contributed by atoms with Crippen LogP contribution in [0.25, 0.3) is 5.57 Å². The zero-order valence-corrected chi connectivity index (χ0v) is 21.9. The molecule has 1 N–H and O–H groups in total. The molecule has 0 saturated heterocycles. The van der Waals surface area contributed by atoms with Crippen LogP contribution < -0.4 is 16.6 Å². The minimum absolute atomic E-state index is 0.240. The van der Waals surface area contributed by atoms with Gasteiger partial charge in [0.25, 0.3) is 11.5 Å². The van der Waals surface area contributed by atoms with Gasteiger partial charge in [-0.3, -0.25) is 23.9 Å². The van der Waals surface area contributed by atoms with Gasteiger partial charge in [0.2, 0.25) is 0 Å². The van der Waals surface area contributed by atoms with Crippen LogP contribution in [-0.2, 0) is 26.1 Å². The largest absolute Gasteiger partial charge is 0.335 e. The maximum atomic E-state index is 13.6. The summed E-state index contributed by atoms with van der Waals surface area (Å²) in [7, 11) is 2.75. The van der Waals surface area contributed by atoms with Crippen molar-refractivity contribution in [1.29, 1.82) is 0 Å². The van der Waals surface area contributed by atoms with Gasteiger partial charge in [0.1, 0.15) is 11.1 Å². The van der Waals surface area contributed by atoms with E-state index in [1.165, 1.54) is 20.3 Å². The Balaban J connectivity index is 1.91. The molecule has 2 atom stereocenters. The second-order valence-corrected chi connectivity index (χ2v) is 9.49. The fraction of sp³-hybridized carbons (Fsp3) is 0.222. The van der Waals surface area contributed by atoms with Gasteiger partial charge < -0.3 is 9.88 Å². The molecule has 2 heterocycles. The fourth-order valence-corrected chi connectivity index (χ4v) is 5.05. The molecule has 10 heteroatoms. The van der Waals surface area contributed by atoms with Gasteiger partial charge in [-0.2, -0.15) is 0 Å². The molecule has 0 bridgehead atoms. The minimum atomic E-state index is -1.42. The Bertz CT molecular complexity index is 1590. The SMILES string of the molecule is CCc1nc(C2(NC(=O)c3cn(C)c(=O)n(C)c3=O)C=CC=C(c3ccccc3Cl)C2Cl)ccc1C=O. The number of halogens is 2. The van der Waals surface area contributed by atoms with Crippen LogP contribution in [0.4, 0.5) is 0 Å². The molecule has 190 valence electrons. The van der Waals surface area contributed by atoms with Crippen LogP contribution in [0.2, 0.25) is 5.02 Å². The molecular weight excluding hydrogens is 515 g/mol. The third-order valence-electron chi connectivity index (χ3n) is 6.40. The van der Waals surface area contributed by atoms with Gasteiger partial charge >= 0.3 is 5.69 Å². The van der Waals surface area contributed by atoms with Crippen molar-refractivity contribution in [3.05, 3.63) is 115 Å². The number of aromatic nitrogens is 3. The summed E-state index contributed by atoms with van der Waals surface area (Å²) in [5, 5.41) is 2.48. The standard InChI is InChI=1S/C27H24Cl2N4O4/c1-4-21-16(15-34)11-12-22(30-21)27(31-24(35)19-14-32(2)26(37)33(3)25(19)36)13-7-9-18(23(27)29)17-8-5-6-10-20(17)28/h5-15,23H,4H2,1-3H3,(H,31,35). The molecule has 1 amide bonds. The van der Waals surface area contributed by atoms with Crippen LogP contribution in [0.15, 0.2) is 70.4 Å². The second-order valence-electron chi connectivity index (χ2n) is 8.65. The Kier molecular flexibility index (Phi) is 7.34. The summed E-state index contributed by atoms with van der Waals surface area (Å²) in [5.74, 6) is -0.744. The van der Waals surface area contributed by atoms with E-state index in [2.05, 4.69) is 5.32 Å². The molecule has 0 fully saturated rings. The summed E-state index contributed by atoms with van der Waals surface area (Å²) >= 11 is 13.6. The molecule has 0 spiro atoms. The zero-order chi connectivity index (χ0) is 26.9. The van der Waals surface area contributed by atoms with Gasteiger partial charge in [-0.1, -0.05) is 55.0 Å². The van der Waals surface area contributed by atoms with E-state index in [0.717, 1.165) is 15.4 Å². The van der Waals surface area contributed by atoms with Crippen molar-refractivity contribution in [3.63, 3.8) is 0 Å². The maximum absolute atomic E-state index is 13.6. The Morgan fingerprint density at radius 1 is 1.19 bits per heavy atom. The average molecular weight is 539 g/mol. The molecular formula is C27H24Cl2N4O4. The molecule has 4 rings (SSSR count). The van der Waals surface area contributed by atoms with E-state index in [-0.39, 0.29) is 5.56 Å². The van der Waals surface area contributed by atoms with E-state index >= 15 is 0 Å². The molecule has 37 heavy (non-hydrogen) atoms. The number of pyridine rings is 1. The molecule has 1 aliphatic carbocycles. The van der Waals surface area contributed by atoms with Crippen LogP contribution in [0, 0.1) is 0 Å². The number of rotatable bonds is 6. The first-order chi connectivity index (χ1) is 17.6. The quantitative estimate of drug-likeness (QED) is 0.382. The van der Waals surface area contributed by atoms with Crippen molar-refractivity contribution in [2.75, 3.05) is 0 Å². The number of aldehydes is 1. The molecule has 2 unspecified atom stereocenters.